The van der Waals surface area contributed by atoms with Gasteiger partial charge in [-0.15, -0.1) is 0 Å². The van der Waals surface area contributed by atoms with E-state index in [-0.39, 0.29) is 11.9 Å². The van der Waals surface area contributed by atoms with Crippen molar-refractivity contribution in [1.29, 1.82) is 0 Å². The first-order valence-corrected chi connectivity index (χ1v) is 9.84. The molecule has 2 heterocycles. The zero-order valence-electron chi connectivity index (χ0n) is 14.6. The molecule has 0 saturated carbocycles. The van der Waals surface area contributed by atoms with Gasteiger partial charge in [-0.05, 0) is 43.5 Å². The average molecular weight is 398 g/mol. The highest BCUT2D eigenvalue weighted by Crippen LogP contribution is 2.29. The van der Waals surface area contributed by atoms with Crippen LogP contribution in [0.2, 0.25) is 10.0 Å². The van der Waals surface area contributed by atoms with Crippen molar-refractivity contribution in [2.24, 2.45) is 0 Å². The third kappa shape index (κ3) is 5.01. The maximum Gasteiger partial charge on any atom is 0.279 e. The van der Waals surface area contributed by atoms with Gasteiger partial charge in [-0.1, -0.05) is 29.3 Å². The third-order valence-electron chi connectivity index (χ3n) is 4.83. The molecule has 0 spiro atoms. The van der Waals surface area contributed by atoms with Gasteiger partial charge in [0.15, 0.2) is 18.3 Å². The fourth-order valence-electron chi connectivity index (χ4n) is 3.51. The number of hydrogen-bond donors (Lipinski definition) is 3. The van der Waals surface area contributed by atoms with Crippen LogP contribution in [0.1, 0.15) is 31.1 Å². The predicted molar refractivity (Wildman–Crippen MR) is 103 cm³/mol. The van der Waals surface area contributed by atoms with E-state index in [1.807, 2.05) is 17.4 Å². The van der Waals surface area contributed by atoms with Crippen molar-refractivity contribution in [3.05, 3.63) is 52.4 Å². The summed E-state index contributed by atoms with van der Waals surface area (Å²) in [6, 6.07) is 9.44. The Balaban J connectivity index is 1.54. The maximum atomic E-state index is 12.2. The smallest absolute Gasteiger partial charge is 0.279 e. The summed E-state index contributed by atoms with van der Waals surface area (Å²) in [5.74, 6) is 0.900. The Bertz CT molecular complexity index is 716. The van der Waals surface area contributed by atoms with Gasteiger partial charge in [0.25, 0.3) is 5.91 Å². The molecule has 0 aliphatic carbocycles. The van der Waals surface area contributed by atoms with E-state index in [4.69, 9.17) is 27.6 Å². The van der Waals surface area contributed by atoms with Crippen molar-refractivity contribution in [3.63, 3.8) is 0 Å². The van der Waals surface area contributed by atoms with E-state index >= 15 is 0 Å². The summed E-state index contributed by atoms with van der Waals surface area (Å²) >= 11 is 12.1. The van der Waals surface area contributed by atoms with Crippen molar-refractivity contribution in [2.45, 2.75) is 25.3 Å². The molecule has 1 saturated heterocycles. The fourth-order valence-corrected chi connectivity index (χ4v) is 3.86. The van der Waals surface area contributed by atoms with E-state index in [9.17, 15) is 4.79 Å². The number of nitrogens with two attached hydrogens (primary N) is 1. The normalized spacial score (nSPS) is 16.4. The number of carbonyl (C=O) groups excluding carboxylic acids is 1. The number of likely N-dealkylation sites (tertiary alicyclic amines) is 1. The van der Waals surface area contributed by atoms with Crippen LogP contribution in [0.5, 0.6) is 0 Å². The summed E-state index contributed by atoms with van der Waals surface area (Å²) in [7, 11) is 0. The Hall–Kier alpha value is -1.53. The SMILES string of the molecule is O=C(C[NH2+]C[C@H](c1ccco1)[NH+]1CCCCC1)Nc1cccc(Cl)c1Cl. The number of benzene rings is 1. The van der Waals surface area contributed by atoms with Crippen molar-refractivity contribution in [1.82, 2.24) is 0 Å². The van der Waals surface area contributed by atoms with Gasteiger partial charge in [-0.3, -0.25) is 4.79 Å². The number of hydrogen-bond acceptors (Lipinski definition) is 2. The van der Waals surface area contributed by atoms with Crippen LogP contribution in [0.25, 0.3) is 0 Å². The number of quaternary nitrogens is 2. The zero-order chi connectivity index (χ0) is 18.4. The standard InChI is InChI=1S/C19H23Cl2N3O2/c20-14-6-4-7-15(19(14)21)23-18(25)13-22-12-16(17-8-5-11-26-17)24-9-2-1-3-10-24/h4-8,11,16,22H,1-3,9-10,12-13H2,(H,23,25)/p+2/t16-/m1/s1. The van der Waals surface area contributed by atoms with Gasteiger partial charge in [0, 0.05) is 0 Å². The second-order valence-electron chi connectivity index (χ2n) is 6.66. The van der Waals surface area contributed by atoms with Crippen molar-refractivity contribution >= 4 is 34.8 Å². The first-order chi connectivity index (χ1) is 12.6. The molecule has 1 aliphatic rings. The molecule has 1 aromatic carbocycles. The van der Waals surface area contributed by atoms with E-state index in [0.717, 1.165) is 25.4 Å². The van der Waals surface area contributed by atoms with Gasteiger partial charge in [-0.2, -0.15) is 0 Å². The molecule has 7 heteroatoms. The number of amides is 1. The highest BCUT2D eigenvalue weighted by Gasteiger charge is 2.29. The van der Waals surface area contributed by atoms with E-state index in [1.165, 1.54) is 19.3 Å². The lowest BCUT2D eigenvalue weighted by Gasteiger charge is -2.29. The molecule has 1 amide bonds. The minimum Gasteiger partial charge on any atom is -0.463 e. The van der Waals surface area contributed by atoms with Crippen LogP contribution in [-0.4, -0.2) is 32.1 Å². The molecule has 0 radical (unpaired) electrons. The van der Waals surface area contributed by atoms with Gasteiger partial charge in [0.2, 0.25) is 0 Å². The predicted octanol–water partition coefficient (Wildman–Crippen LogP) is 1.90. The first-order valence-electron chi connectivity index (χ1n) is 9.08. The molecule has 4 N–H and O–H groups in total. The number of rotatable bonds is 7. The fraction of sp³-hybridized carbons (Fsp3) is 0.421. The number of furan rings is 1. The largest absolute Gasteiger partial charge is 0.463 e. The van der Waals surface area contributed by atoms with Gasteiger partial charge in [0.1, 0.15) is 6.54 Å². The summed E-state index contributed by atoms with van der Waals surface area (Å²) in [5.41, 5.74) is 0.543. The molecule has 0 bridgehead atoms. The van der Waals surface area contributed by atoms with Crippen molar-refractivity contribution in [3.8, 4) is 0 Å². The Morgan fingerprint density at radius 1 is 1.19 bits per heavy atom. The highest BCUT2D eigenvalue weighted by atomic mass is 35.5. The molecule has 1 aromatic heterocycles. The molecule has 5 nitrogen and oxygen atoms in total. The molecule has 1 aliphatic heterocycles. The molecule has 26 heavy (non-hydrogen) atoms. The molecular formula is C19H25Cl2N3O2+2. The molecule has 140 valence electrons. The lowest BCUT2D eigenvalue weighted by molar-refractivity contribution is -0.949. The molecule has 3 rings (SSSR count). The van der Waals surface area contributed by atoms with E-state index in [2.05, 4.69) is 5.32 Å². The van der Waals surface area contributed by atoms with Crippen molar-refractivity contribution < 1.29 is 19.4 Å². The van der Waals surface area contributed by atoms with Gasteiger partial charge >= 0.3 is 0 Å². The van der Waals surface area contributed by atoms with Crippen LogP contribution in [0.3, 0.4) is 0 Å². The Kier molecular flexibility index (Phi) is 6.97. The van der Waals surface area contributed by atoms with Gasteiger partial charge in [0.05, 0.1) is 35.1 Å². The molecule has 0 unspecified atom stereocenters. The second kappa shape index (κ2) is 9.42. The molecule has 1 atom stereocenters. The Labute approximate surface area is 163 Å². The van der Waals surface area contributed by atoms with Crippen LogP contribution in [-0.2, 0) is 4.79 Å². The van der Waals surface area contributed by atoms with Gasteiger partial charge < -0.3 is 20.0 Å². The lowest BCUT2D eigenvalue weighted by Crippen LogP contribution is -3.15. The Morgan fingerprint density at radius 3 is 2.73 bits per heavy atom. The maximum absolute atomic E-state index is 12.2. The minimum atomic E-state index is -0.0963. The van der Waals surface area contributed by atoms with E-state index in [1.54, 1.807) is 29.4 Å². The van der Waals surface area contributed by atoms with E-state index < -0.39 is 0 Å². The summed E-state index contributed by atoms with van der Waals surface area (Å²) in [4.78, 5) is 13.8. The second-order valence-corrected chi connectivity index (χ2v) is 7.45. The topological polar surface area (TPSA) is 63.3 Å². The highest BCUT2D eigenvalue weighted by molar-refractivity contribution is 6.43. The number of carbonyl (C=O) groups is 1. The number of nitrogens with one attached hydrogen (secondary N) is 2. The summed E-state index contributed by atoms with van der Waals surface area (Å²) < 4.78 is 5.66. The summed E-state index contributed by atoms with van der Waals surface area (Å²) in [5, 5.41) is 5.65. The monoisotopic (exact) mass is 397 g/mol. The number of piperidine rings is 1. The van der Waals surface area contributed by atoms with Gasteiger partial charge in [-0.25, -0.2) is 0 Å². The van der Waals surface area contributed by atoms with E-state index in [0.29, 0.717) is 22.3 Å². The Morgan fingerprint density at radius 2 is 2.00 bits per heavy atom. The minimum absolute atomic E-state index is 0.0963. The van der Waals surface area contributed by atoms with Crippen LogP contribution >= 0.6 is 23.2 Å². The van der Waals surface area contributed by atoms with Crippen LogP contribution in [0.15, 0.2) is 41.0 Å². The van der Waals surface area contributed by atoms with Crippen LogP contribution in [0.4, 0.5) is 5.69 Å². The molecule has 1 fully saturated rings. The summed E-state index contributed by atoms with van der Waals surface area (Å²) in [6.07, 6.45) is 5.53. The summed E-state index contributed by atoms with van der Waals surface area (Å²) in [6.45, 7) is 3.44. The van der Waals surface area contributed by atoms with Crippen LogP contribution < -0.4 is 15.5 Å². The van der Waals surface area contributed by atoms with Crippen molar-refractivity contribution in [2.75, 3.05) is 31.5 Å². The quantitative estimate of drug-likeness (QED) is 0.667. The first kappa shape index (κ1) is 19.2. The lowest BCUT2D eigenvalue weighted by atomic mass is 10.1. The average Bonchev–Trinajstić information content (AvgIpc) is 3.18. The number of anilines is 1. The third-order valence-corrected chi connectivity index (χ3v) is 5.65. The zero-order valence-corrected chi connectivity index (χ0v) is 16.2. The molecular weight excluding hydrogens is 373 g/mol. The van der Waals surface area contributed by atoms with Crippen LogP contribution in [0, 0.1) is 0 Å². The molecule has 2 aromatic rings. The number of halogens is 2.